The minimum Gasteiger partial charge on any atom is -0.326 e. The second-order valence-corrected chi connectivity index (χ2v) is 6.58. The van der Waals surface area contributed by atoms with Crippen molar-refractivity contribution in [1.82, 2.24) is 0 Å². The lowest BCUT2D eigenvalue weighted by molar-refractivity contribution is -0.117. The van der Waals surface area contributed by atoms with Crippen LogP contribution in [-0.2, 0) is 4.79 Å². The number of carbonyl (C=O) groups is 1. The first kappa shape index (κ1) is 14.5. The first-order valence-electron chi connectivity index (χ1n) is 6.83. The van der Waals surface area contributed by atoms with E-state index in [1.54, 1.807) is 0 Å². The van der Waals surface area contributed by atoms with Gasteiger partial charge < -0.3 is 11.1 Å². The number of nitrogens with two attached hydrogens (primary N) is 1. The van der Waals surface area contributed by atoms with Crippen molar-refractivity contribution in [3.05, 3.63) is 28.2 Å². The van der Waals surface area contributed by atoms with E-state index >= 15 is 0 Å². The molecule has 1 amide bonds. The van der Waals surface area contributed by atoms with Crippen molar-refractivity contribution >= 4 is 27.5 Å². The average Bonchev–Trinajstić information content (AvgIpc) is 2.27. The maximum absolute atomic E-state index is 12.1. The van der Waals surface area contributed by atoms with Crippen molar-refractivity contribution < 1.29 is 4.79 Å². The topological polar surface area (TPSA) is 55.1 Å². The molecular weight excluding hydrogens is 304 g/mol. The highest BCUT2D eigenvalue weighted by Crippen LogP contribution is 2.29. The van der Waals surface area contributed by atoms with Gasteiger partial charge in [-0.1, -0.05) is 35.2 Å². The highest BCUT2D eigenvalue weighted by atomic mass is 79.9. The van der Waals surface area contributed by atoms with Gasteiger partial charge in [0, 0.05) is 22.1 Å². The monoisotopic (exact) mass is 324 g/mol. The molecule has 1 aromatic carbocycles. The van der Waals surface area contributed by atoms with E-state index in [4.69, 9.17) is 5.73 Å². The van der Waals surface area contributed by atoms with Crippen LogP contribution in [0.4, 0.5) is 5.69 Å². The third-order valence-electron chi connectivity index (χ3n) is 3.69. The molecule has 1 aliphatic rings. The summed E-state index contributed by atoms with van der Waals surface area (Å²) in [5.74, 6) is 0.0156. The van der Waals surface area contributed by atoms with Gasteiger partial charge in [0.25, 0.3) is 0 Å². The van der Waals surface area contributed by atoms with Crippen LogP contribution in [0.3, 0.4) is 0 Å². The summed E-state index contributed by atoms with van der Waals surface area (Å²) in [5, 5.41) is 2.95. The van der Waals surface area contributed by atoms with E-state index in [1.165, 1.54) is 6.42 Å². The summed E-state index contributed by atoms with van der Waals surface area (Å²) in [6.07, 6.45) is 5.85. The first-order valence-corrected chi connectivity index (χ1v) is 7.62. The highest BCUT2D eigenvalue weighted by molar-refractivity contribution is 9.10. The number of carbonyl (C=O) groups excluding carboxylic acids is 1. The molecular formula is C15H21BrN2O. The quantitative estimate of drug-likeness (QED) is 0.889. The normalized spacial score (nSPS) is 18.1. The molecule has 0 bridgehead atoms. The Hall–Kier alpha value is -0.870. The molecule has 0 unspecified atom stereocenters. The van der Waals surface area contributed by atoms with Crippen molar-refractivity contribution in [2.24, 2.45) is 5.73 Å². The van der Waals surface area contributed by atoms with E-state index in [2.05, 4.69) is 21.2 Å². The van der Waals surface area contributed by atoms with Crippen LogP contribution in [0.2, 0.25) is 0 Å². The number of amides is 1. The van der Waals surface area contributed by atoms with Crippen LogP contribution < -0.4 is 11.1 Å². The molecule has 0 heterocycles. The van der Waals surface area contributed by atoms with Crippen molar-refractivity contribution in [2.75, 3.05) is 5.32 Å². The van der Waals surface area contributed by atoms with E-state index in [0.29, 0.717) is 6.42 Å². The Labute approximate surface area is 123 Å². The Kier molecular flexibility index (Phi) is 4.63. The SMILES string of the molecule is Cc1cc(Br)cc(NC(=O)CC2(N)CCCCC2)c1. The third kappa shape index (κ3) is 4.32. The van der Waals surface area contributed by atoms with Gasteiger partial charge in [-0.3, -0.25) is 4.79 Å². The van der Waals surface area contributed by atoms with Crippen molar-refractivity contribution in [2.45, 2.75) is 51.0 Å². The van der Waals surface area contributed by atoms with Crippen LogP contribution in [0.25, 0.3) is 0 Å². The molecule has 1 aliphatic carbocycles. The average molecular weight is 325 g/mol. The molecule has 0 spiro atoms. The van der Waals surface area contributed by atoms with Gasteiger partial charge in [-0.2, -0.15) is 0 Å². The van der Waals surface area contributed by atoms with Gasteiger partial charge in [-0.15, -0.1) is 0 Å². The van der Waals surface area contributed by atoms with E-state index < -0.39 is 0 Å². The van der Waals surface area contributed by atoms with Gasteiger partial charge in [0.05, 0.1) is 0 Å². The Balaban J connectivity index is 1.97. The molecule has 3 N–H and O–H groups in total. The number of hydrogen-bond donors (Lipinski definition) is 2. The van der Waals surface area contributed by atoms with Gasteiger partial charge in [-0.05, 0) is 43.5 Å². The van der Waals surface area contributed by atoms with Gasteiger partial charge >= 0.3 is 0 Å². The first-order chi connectivity index (χ1) is 8.97. The smallest absolute Gasteiger partial charge is 0.226 e. The zero-order valence-electron chi connectivity index (χ0n) is 11.3. The number of rotatable bonds is 3. The van der Waals surface area contributed by atoms with Gasteiger partial charge in [0.2, 0.25) is 5.91 Å². The minimum atomic E-state index is -0.302. The van der Waals surface area contributed by atoms with Crippen LogP contribution in [0.15, 0.2) is 22.7 Å². The zero-order valence-corrected chi connectivity index (χ0v) is 12.9. The number of hydrogen-bond acceptors (Lipinski definition) is 2. The molecule has 1 saturated carbocycles. The fraction of sp³-hybridized carbons (Fsp3) is 0.533. The van der Waals surface area contributed by atoms with Crippen LogP contribution in [0, 0.1) is 6.92 Å². The molecule has 0 aromatic heterocycles. The van der Waals surface area contributed by atoms with E-state index in [9.17, 15) is 4.79 Å². The van der Waals surface area contributed by atoms with Crippen LogP contribution in [-0.4, -0.2) is 11.4 Å². The molecule has 2 rings (SSSR count). The molecule has 1 aromatic rings. The Morgan fingerprint density at radius 2 is 2.00 bits per heavy atom. The summed E-state index contributed by atoms with van der Waals surface area (Å²) in [7, 11) is 0. The summed E-state index contributed by atoms with van der Waals surface area (Å²) < 4.78 is 0.975. The summed E-state index contributed by atoms with van der Waals surface area (Å²) >= 11 is 3.44. The maximum atomic E-state index is 12.1. The van der Waals surface area contributed by atoms with Gasteiger partial charge in [-0.25, -0.2) is 0 Å². The Morgan fingerprint density at radius 1 is 1.32 bits per heavy atom. The number of benzene rings is 1. The largest absolute Gasteiger partial charge is 0.326 e. The lowest BCUT2D eigenvalue weighted by Gasteiger charge is -2.32. The molecule has 4 heteroatoms. The standard InChI is InChI=1S/C15H21BrN2O/c1-11-7-12(16)9-13(8-11)18-14(19)10-15(17)5-3-2-4-6-15/h7-9H,2-6,10,17H2,1H3,(H,18,19). The summed E-state index contributed by atoms with van der Waals surface area (Å²) in [4.78, 5) is 12.1. The van der Waals surface area contributed by atoms with E-state index in [1.807, 2.05) is 25.1 Å². The number of anilines is 1. The molecule has 19 heavy (non-hydrogen) atoms. The molecule has 0 atom stereocenters. The minimum absolute atomic E-state index is 0.0156. The van der Waals surface area contributed by atoms with Crippen molar-refractivity contribution in [3.8, 4) is 0 Å². The van der Waals surface area contributed by atoms with Crippen molar-refractivity contribution in [1.29, 1.82) is 0 Å². The van der Waals surface area contributed by atoms with Crippen LogP contribution >= 0.6 is 15.9 Å². The Morgan fingerprint density at radius 3 is 2.63 bits per heavy atom. The predicted octanol–water partition coefficient (Wildman–Crippen LogP) is 3.75. The predicted molar refractivity (Wildman–Crippen MR) is 82.1 cm³/mol. The molecule has 0 radical (unpaired) electrons. The van der Waals surface area contributed by atoms with Crippen molar-refractivity contribution in [3.63, 3.8) is 0 Å². The number of nitrogens with one attached hydrogen (secondary N) is 1. The fourth-order valence-corrected chi connectivity index (χ4v) is 3.37. The zero-order chi connectivity index (χ0) is 13.9. The molecule has 0 aliphatic heterocycles. The van der Waals surface area contributed by atoms with E-state index in [0.717, 1.165) is 41.4 Å². The third-order valence-corrected chi connectivity index (χ3v) is 4.15. The molecule has 104 valence electrons. The number of halogens is 1. The fourth-order valence-electron chi connectivity index (χ4n) is 2.77. The second-order valence-electron chi connectivity index (χ2n) is 5.67. The van der Waals surface area contributed by atoms with E-state index in [-0.39, 0.29) is 11.4 Å². The van der Waals surface area contributed by atoms with Gasteiger partial charge in [0.1, 0.15) is 0 Å². The van der Waals surface area contributed by atoms with Crippen LogP contribution in [0.5, 0.6) is 0 Å². The number of aryl methyl sites for hydroxylation is 1. The molecule has 3 nitrogen and oxygen atoms in total. The highest BCUT2D eigenvalue weighted by Gasteiger charge is 2.29. The molecule has 0 saturated heterocycles. The lowest BCUT2D eigenvalue weighted by atomic mass is 9.80. The summed E-state index contributed by atoms with van der Waals surface area (Å²) in [6.45, 7) is 2.01. The Bertz CT molecular complexity index is 447. The second kappa shape index (κ2) is 6.06. The maximum Gasteiger partial charge on any atom is 0.226 e. The van der Waals surface area contributed by atoms with Gasteiger partial charge in [0.15, 0.2) is 0 Å². The summed E-state index contributed by atoms with van der Waals surface area (Å²) in [5.41, 5.74) is 7.95. The lowest BCUT2D eigenvalue weighted by Crippen LogP contribution is -2.44. The van der Waals surface area contributed by atoms with Crippen LogP contribution in [0.1, 0.15) is 44.1 Å². The summed E-state index contributed by atoms with van der Waals surface area (Å²) in [6, 6.07) is 5.89. The molecule has 1 fully saturated rings.